The van der Waals surface area contributed by atoms with Gasteiger partial charge in [0.05, 0.1) is 0 Å². The van der Waals surface area contributed by atoms with Crippen molar-refractivity contribution >= 4 is 5.97 Å². The molecule has 0 aromatic rings. The second-order valence-electron chi connectivity index (χ2n) is 7.30. The van der Waals surface area contributed by atoms with Crippen molar-refractivity contribution in [2.45, 2.75) is 63.3 Å². The van der Waals surface area contributed by atoms with Gasteiger partial charge in [-0.1, -0.05) is 26.8 Å². The van der Waals surface area contributed by atoms with Crippen molar-refractivity contribution in [1.82, 2.24) is 0 Å². The summed E-state index contributed by atoms with van der Waals surface area (Å²) in [6.45, 7) is 7.85. The van der Waals surface area contributed by atoms with Gasteiger partial charge in [0.1, 0.15) is 11.2 Å². The summed E-state index contributed by atoms with van der Waals surface area (Å²) in [5.74, 6) is 0.0324. The summed E-state index contributed by atoms with van der Waals surface area (Å²) in [5.41, 5.74) is -1.96. The topological polar surface area (TPSA) is 66.8 Å². The smallest absolute Gasteiger partial charge is 0.330 e. The molecule has 4 nitrogen and oxygen atoms in total. The average Bonchev–Trinajstić information content (AvgIpc) is 2.38. The maximum absolute atomic E-state index is 11.5. The minimum absolute atomic E-state index is 0.186. The normalized spacial score (nSPS) is 52.9. The molecule has 0 heterocycles. The number of rotatable bonds is 3. The molecular weight excluding hydrogens is 256 g/mol. The molecule has 0 radical (unpaired) electrons. The number of hydrogen-bond donors (Lipinski definition) is 2. The molecule has 20 heavy (non-hydrogen) atoms. The van der Waals surface area contributed by atoms with E-state index in [4.69, 9.17) is 4.74 Å². The highest BCUT2D eigenvalue weighted by Crippen LogP contribution is 2.66. The summed E-state index contributed by atoms with van der Waals surface area (Å²) >= 11 is 0. The molecule has 0 aromatic heterocycles. The van der Waals surface area contributed by atoms with Crippen LogP contribution in [0.4, 0.5) is 0 Å². The standard InChI is InChI=1S/C16H24O4/c1-4-12(17)20-13-15(18)6-10-7-16(13,19)9-11(8-15)14(10,3)5-2/h4,10-11,13,18-19H,1,5-9H2,2-3H3. The van der Waals surface area contributed by atoms with Crippen LogP contribution in [0, 0.1) is 17.3 Å². The predicted molar refractivity (Wildman–Crippen MR) is 73.8 cm³/mol. The van der Waals surface area contributed by atoms with Gasteiger partial charge in [-0.15, -0.1) is 0 Å². The molecule has 4 rings (SSSR count). The van der Waals surface area contributed by atoms with Gasteiger partial charge >= 0.3 is 5.97 Å². The van der Waals surface area contributed by atoms with Gasteiger partial charge in [0, 0.05) is 6.08 Å². The van der Waals surface area contributed by atoms with Crippen LogP contribution < -0.4 is 0 Å². The quantitative estimate of drug-likeness (QED) is 0.611. The monoisotopic (exact) mass is 280 g/mol. The Balaban J connectivity index is 1.94. The van der Waals surface area contributed by atoms with E-state index in [2.05, 4.69) is 20.4 Å². The fraction of sp³-hybridized carbons (Fsp3) is 0.812. The molecular formula is C16H24O4. The Morgan fingerprint density at radius 3 is 2.05 bits per heavy atom. The Kier molecular flexibility index (Phi) is 2.87. The predicted octanol–water partition coefficient (Wildman–Crippen LogP) is 1.80. The molecule has 4 aliphatic rings. The molecule has 2 N–H and O–H groups in total. The summed E-state index contributed by atoms with van der Waals surface area (Å²) in [4.78, 5) is 11.5. The van der Waals surface area contributed by atoms with Crippen LogP contribution in [0.2, 0.25) is 0 Å². The molecule has 0 aliphatic heterocycles. The minimum Gasteiger partial charge on any atom is -0.453 e. The zero-order valence-corrected chi connectivity index (χ0v) is 12.3. The Bertz CT molecular complexity index is 417. The van der Waals surface area contributed by atoms with Gasteiger partial charge < -0.3 is 14.9 Å². The summed E-state index contributed by atoms with van der Waals surface area (Å²) in [6, 6.07) is 0. The third kappa shape index (κ3) is 1.64. The lowest BCUT2D eigenvalue weighted by Crippen LogP contribution is -2.74. The number of carbonyl (C=O) groups is 1. The average molecular weight is 280 g/mol. The van der Waals surface area contributed by atoms with Gasteiger partial charge in [0.2, 0.25) is 0 Å². The lowest BCUT2D eigenvalue weighted by atomic mass is 9.41. The SMILES string of the molecule is C=CC(=O)OC1C2(O)CC3CC1(O)CC(C2)C3(C)CC. The van der Waals surface area contributed by atoms with Crippen molar-refractivity contribution < 1.29 is 19.7 Å². The second kappa shape index (κ2) is 4.08. The van der Waals surface area contributed by atoms with E-state index in [1.807, 2.05) is 0 Å². The van der Waals surface area contributed by atoms with Crippen molar-refractivity contribution in [2.24, 2.45) is 17.3 Å². The highest BCUT2D eigenvalue weighted by Gasteiger charge is 2.70. The van der Waals surface area contributed by atoms with E-state index in [9.17, 15) is 15.0 Å². The zero-order valence-electron chi connectivity index (χ0n) is 12.3. The molecule has 112 valence electrons. The lowest BCUT2D eigenvalue weighted by Gasteiger charge is -2.67. The lowest BCUT2D eigenvalue weighted by molar-refractivity contribution is -0.305. The van der Waals surface area contributed by atoms with E-state index in [1.165, 1.54) is 0 Å². The first-order valence-electron chi connectivity index (χ1n) is 7.55. The Morgan fingerprint density at radius 2 is 1.70 bits per heavy atom. The van der Waals surface area contributed by atoms with Crippen molar-refractivity contribution in [2.75, 3.05) is 0 Å². The van der Waals surface area contributed by atoms with Crippen molar-refractivity contribution in [1.29, 1.82) is 0 Å². The summed E-state index contributed by atoms with van der Waals surface area (Å²) in [5, 5.41) is 21.9. The van der Waals surface area contributed by atoms with Gasteiger partial charge in [0.15, 0.2) is 6.10 Å². The largest absolute Gasteiger partial charge is 0.453 e. The number of aliphatic hydroxyl groups is 2. The molecule has 4 saturated carbocycles. The molecule has 0 saturated heterocycles. The van der Waals surface area contributed by atoms with Crippen molar-refractivity contribution in [3.8, 4) is 0 Å². The van der Waals surface area contributed by atoms with Crippen molar-refractivity contribution in [3.63, 3.8) is 0 Å². The molecule has 4 aliphatic carbocycles. The third-order valence-electron chi connectivity index (χ3n) is 6.40. The second-order valence-corrected chi connectivity index (χ2v) is 7.30. The molecule has 0 unspecified atom stereocenters. The number of esters is 1. The van der Waals surface area contributed by atoms with Gasteiger partial charge in [0.25, 0.3) is 0 Å². The number of ether oxygens (including phenoxy) is 1. The highest BCUT2D eigenvalue weighted by atomic mass is 16.6. The molecule has 4 fully saturated rings. The van der Waals surface area contributed by atoms with Crippen LogP contribution in [-0.4, -0.2) is 33.5 Å². The third-order valence-corrected chi connectivity index (χ3v) is 6.40. The van der Waals surface area contributed by atoms with Crippen LogP contribution in [0.5, 0.6) is 0 Å². The van der Waals surface area contributed by atoms with E-state index in [0.717, 1.165) is 12.5 Å². The van der Waals surface area contributed by atoms with Crippen LogP contribution in [0.3, 0.4) is 0 Å². The summed E-state index contributed by atoms with van der Waals surface area (Å²) in [7, 11) is 0. The fourth-order valence-corrected chi connectivity index (χ4v) is 5.17. The molecule has 0 aromatic carbocycles. The van der Waals surface area contributed by atoms with E-state index in [1.54, 1.807) is 0 Å². The summed E-state index contributed by atoms with van der Waals surface area (Å²) < 4.78 is 5.33. The van der Waals surface area contributed by atoms with Crippen molar-refractivity contribution in [3.05, 3.63) is 12.7 Å². The summed E-state index contributed by atoms with van der Waals surface area (Å²) in [6.07, 6.45) is 3.81. The molecule has 4 heteroatoms. The Hall–Kier alpha value is -0.870. The van der Waals surface area contributed by atoms with Gasteiger partial charge in [-0.2, -0.15) is 0 Å². The minimum atomic E-state index is -1.08. The molecule has 0 amide bonds. The van der Waals surface area contributed by atoms with Gasteiger partial charge in [-0.25, -0.2) is 4.79 Å². The number of carbonyl (C=O) groups excluding carboxylic acids is 1. The van der Waals surface area contributed by atoms with Gasteiger partial charge in [-0.3, -0.25) is 0 Å². The van der Waals surface area contributed by atoms with Crippen LogP contribution in [0.25, 0.3) is 0 Å². The molecule has 0 atom stereocenters. The molecule has 0 spiro atoms. The van der Waals surface area contributed by atoms with Crippen LogP contribution >= 0.6 is 0 Å². The van der Waals surface area contributed by atoms with E-state index >= 15 is 0 Å². The first-order valence-corrected chi connectivity index (χ1v) is 7.55. The molecule has 4 bridgehead atoms. The van der Waals surface area contributed by atoms with E-state index in [0.29, 0.717) is 37.5 Å². The highest BCUT2D eigenvalue weighted by molar-refractivity contribution is 5.81. The first-order chi connectivity index (χ1) is 9.27. The zero-order chi connectivity index (χ0) is 14.8. The van der Waals surface area contributed by atoms with Crippen LogP contribution in [0.15, 0.2) is 12.7 Å². The fourth-order valence-electron chi connectivity index (χ4n) is 5.17. The maximum Gasteiger partial charge on any atom is 0.330 e. The van der Waals surface area contributed by atoms with Crippen LogP contribution in [0.1, 0.15) is 46.0 Å². The Labute approximate surface area is 119 Å². The van der Waals surface area contributed by atoms with E-state index in [-0.39, 0.29) is 5.41 Å². The van der Waals surface area contributed by atoms with Gasteiger partial charge in [-0.05, 0) is 42.9 Å². The Morgan fingerprint density at radius 1 is 1.25 bits per heavy atom. The first kappa shape index (κ1) is 14.1. The number of hydrogen-bond acceptors (Lipinski definition) is 4. The van der Waals surface area contributed by atoms with Crippen LogP contribution in [-0.2, 0) is 9.53 Å². The maximum atomic E-state index is 11.5. The van der Waals surface area contributed by atoms with E-state index < -0.39 is 23.3 Å².